The summed E-state index contributed by atoms with van der Waals surface area (Å²) in [5.41, 5.74) is 7.54. The summed E-state index contributed by atoms with van der Waals surface area (Å²) in [6, 6.07) is 40.5. The molecule has 4 aliphatic carbocycles. The highest BCUT2D eigenvalue weighted by Gasteiger charge is 2.47. The fraction of sp³-hybridized carbons (Fsp3) is 0.395. The molecule has 2 spiro atoms. The summed E-state index contributed by atoms with van der Waals surface area (Å²) < 4.78 is 72.5. The van der Waals surface area contributed by atoms with E-state index in [1.807, 2.05) is 24.3 Å². The van der Waals surface area contributed by atoms with Crippen molar-refractivity contribution in [1.82, 2.24) is 9.44 Å². The molecule has 6 aromatic rings. The number of hydrogen-bond donors (Lipinski definition) is 4. The van der Waals surface area contributed by atoms with Gasteiger partial charge in [-0.15, -0.1) is 26.3 Å². The molecule has 18 heteroatoms. The van der Waals surface area contributed by atoms with Crippen LogP contribution in [0.4, 0.5) is 11.4 Å². The molecule has 0 saturated heterocycles. The van der Waals surface area contributed by atoms with Gasteiger partial charge < -0.3 is 29.5 Å². The van der Waals surface area contributed by atoms with E-state index in [4.69, 9.17) is 32.7 Å². The van der Waals surface area contributed by atoms with Gasteiger partial charge in [-0.05, 0) is 208 Å². The van der Waals surface area contributed by atoms with E-state index >= 15 is 0 Å². The minimum Gasteiger partial charge on any atom is -0.490 e. The first-order valence-electron chi connectivity index (χ1n) is 32.9. The van der Waals surface area contributed by atoms with Gasteiger partial charge in [-0.3, -0.25) is 9.59 Å². The number of sulfonamides is 2. The van der Waals surface area contributed by atoms with Gasteiger partial charge in [0.1, 0.15) is 22.0 Å². The van der Waals surface area contributed by atoms with Gasteiger partial charge in [-0.1, -0.05) is 120 Å². The normalized spacial score (nSPS) is 23.2. The second kappa shape index (κ2) is 29.4. The highest BCUT2D eigenvalue weighted by molar-refractivity contribution is 7.90. The van der Waals surface area contributed by atoms with Gasteiger partial charge in [0.15, 0.2) is 0 Å². The van der Waals surface area contributed by atoms with Crippen molar-refractivity contribution >= 4 is 66.4 Å². The van der Waals surface area contributed by atoms with Crippen molar-refractivity contribution in [3.05, 3.63) is 239 Å². The topological polar surface area (TPSA) is 192 Å². The summed E-state index contributed by atoms with van der Waals surface area (Å²) in [6.07, 6.45) is 16.6. The Morgan fingerprint density at radius 1 is 0.564 bits per heavy atom. The Labute approximate surface area is 564 Å². The van der Waals surface area contributed by atoms with Crippen LogP contribution in [0.1, 0.15) is 142 Å². The first kappa shape index (κ1) is 68.2. The molecule has 2 saturated carbocycles. The Bertz CT molecular complexity index is 3750. The minimum absolute atomic E-state index is 0.107. The van der Waals surface area contributed by atoms with Gasteiger partial charge in [0, 0.05) is 58.2 Å². The van der Waals surface area contributed by atoms with Crippen LogP contribution in [0.15, 0.2) is 184 Å². The Morgan fingerprint density at radius 3 is 1.33 bits per heavy atom. The third kappa shape index (κ3) is 14.8. The van der Waals surface area contributed by atoms with Crippen LogP contribution in [0, 0.1) is 23.7 Å². The van der Waals surface area contributed by atoms with Crippen LogP contribution in [-0.4, -0.2) is 90.5 Å². The highest BCUT2D eigenvalue weighted by Crippen LogP contribution is 2.49. The summed E-state index contributed by atoms with van der Waals surface area (Å²) in [6.45, 7) is 18.7. The van der Waals surface area contributed by atoms with Crippen LogP contribution >= 0.6 is 23.2 Å². The fourth-order valence-corrected chi connectivity index (χ4v) is 18.7. The van der Waals surface area contributed by atoms with Gasteiger partial charge in [-0.2, -0.15) is 0 Å². The number of ether oxygens (including phenoxy) is 2. The smallest absolute Gasteiger partial charge is 0.264 e. The molecule has 2 amide bonds. The number of nitrogens with one attached hydrogen (secondary N) is 2. The maximum atomic E-state index is 13.7. The van der Waals surface area contributed by atoms with Crippen molar-refractivity contribution < 1.29 is 46.1 Å². The molecule has 0 radical (unpaired) electrons. The third-order valence-electron chi connectivity index (χ3n) is 20.6. The van der Waals surface area contributed by atoms with E-state index in [0.29, 0.717) is 87.7 Å². The third-order valence-corrected chi connectivity index (χ3v) is 24.6. The SMILES string of the molecule is C=CCC[C@@H](c1ccccc1)S(=O)(=O)NC(=O)c1ccc2c(c1)N(C[C@@H]1CC[C@H]1[C@@H](O)C=C)C[C@@]1(CCCc3cc(Cl)ccc31)CO2.C=CCC[C@H](c1ccccc1)S(=O)(=O)NC(=O)c1ccc2c(c1)N(C[C@@H]1CC[C@H]1[C@@H](O)C=C)C[C@@]1(CCCc3cc(Cl)ccc31)CO2. The fourth-order valence-electron chi connectivity index (χ4n) is 15.4. The number of nitrogens with zero attached hydrogens (tertiary/aromatic N) is 2. The predicted octanol–water partition coefficient (Wildman–Crippen LogP) is 14.3. The van der Waals surface area contributed by atoms with Gasteiger partial charge in [0.2, 0.25) is 20.0 Å². The first-order valence-corrected chi connectivity index (χ1v) is 36.8. The number of aliphatic hydroxyl groups is 2. The maximum Gasteiger partial charge on any atom is 0.264 e. The Balaban J connectivity index is 0.000000192. The van der Waals surface area contributed by atoms with E-state index in [1.54, 1.807) is 109 Å². The number of halogens is 2. The molecule has 10 atom stereocenters. The quantitative estimate of drug-likeness (QED) is 0.0471. The van der Waals surface area contributed by atoms with Crippen molar-refractivity contribution in [3.8, 4) is 11.5 Å². The van der Waals surface area contributed by atoms with Crippen LogP contribution in [0.5, 0.6) is 11.5 Å². The van der Waals surface area contributed by atoms with Crippen molar-refractivity contribution in [3.63, 3.8) is 0 Å². The number of aryl methyl sites for hydroxylation is 2. The van der Waals surface area contributed by atoms with Crippen LogP contribution < -0.4 is 28.7 Å². The zero-order chi connectivity index (χ0) is 66.4. The number of carbonyl (C=O) groups is 2. The molecule has 6 aromatic carbocycles. The Morgan fingerprint density at radius 2 is 0.968 bits per heavy atom. The number of rotatable bonds is 22. The summed E-state index contributed by atoms with van der Waals surface area (Å²) in [4.78, 5) is 31.9. The lowest BCUT2D eigenvalue weighted by Gasteiger charge is -2.45. The summed E-state index contributed by atoms with van der Waals surface area (Å²) in [5, 5.41) is 20.9. The number of allylic oxidation sites excluding steroid dienone is 2. The molecular formula is C76H86Cl2N4O10S2. The van der Waals surface area contributed by atoms with Crippen LogP contribution in [-0.2, 0) is 43.7 Å². The molecule has 2 aliphatic heterocycles. The lowest BCUT2D eigenvalue weighted by Crippen LogP contribution is -2.49. The molecule has 12 rings (SSSR count). The van der Waals surface area contributed by atoms with Crippen LogP contribution in [0.2, 0.25) is 10.0 Å². The minimum atomic E-state index is -4.07. The Hall–Kier alpha value is -7.18. The largest absolute Gasteiger partial charge is 0.490 e. The van der Waals surface area contributed by atoms with Crippen LogP contribution in [0.3, 0.4) is 0 Å². The summed E-state index contributed by atoms with van der Waals surface area (Å²) in [5.74, 6) is 0.597. The van der Waals surface area contributed by atoms with Gasteiger partial charge in [0.05, 0.1) is 36.8 Å². The number of anilines is 2. The molecule has 2 heterocycles. The number of fused-ring (bicyclic) bond motifs is 6. The van der Waals surface area contributed by atoms with Crippen molar-refractivity contribution in [1.29, 1.82) is 0 Å². The average Bonchev–Trinajstić information content (AvgIpc) is 1.50. The summed E-state index contributed by atoms with van der Waals surface area (Å²) >= 11 is 12.8. The Kier molecular flexibility index (Phi) is 21.4. The van der Waals surface area contributed by atoms with E-state index in [-0.39, 0.29) is 45.6 Å². The van der Waals surface area contributed by atoms with Crippen LogP contribution in [0.25, 0.3) is 0 Å². The van der Waals surface area contributed by atoms with Gasteiger partial charge in [0.25, 0.3) is 11.8 Å². The van der Waals surface area contributed by atoms with E-state index in [0.717, 1.165) is 85.6 Å². The molecule has 6 aliphatic rings. The lowest BCUT2D eigenvalue weighted by molar-refractivity contribution is 0.0458. The average molecular weight is 1350 g/mol. The maximum absolute atomic E-state index is 13.7. The monoisotopic (exact) mass is 1350 g/mol. The van der Waals surface area contributed by atoms with Crippen molar-refractivity contribution in [2.45, 2.75) is 123 Å². The number of carbonyl (C=O) groups excluding carboxylic acids is 2. The molecule has 2 fully saturated rings. The zero-order valence-electron chi connectivity index (χ0n) is 53.2. The highest BCUT2D eigenvalue weighted by atomic mass is 35.5. The van der Waals surface area contributed by atoms with E-state index in [2.05, 4.69) is 69.8 Å². The molecule has 496 valence electrons. The number of hydrogen-bond acceptors (Lipinski definition) is 12. The molecule has 4 N–H and O–H groups in total. The zero-order valence-corrected chi connectivity index (χ0v) is 56.4. The standard InChI is InChI=1S/2C38H43ClN2O5S/c2*1-3-5-13-36(26-10-7-6-8-11-26)47(44,45)40-37(43)28-15-19-35-33(22-28)41(23-29-14-17-31(29)34(42)4-2)24-38(25-46-35)20-9-12-27-21-30(39)16-18-32(27)38/h2*3-4,6-8,10-11,15-16,18-19,21-22,29,31,34,36,42H,1-2,5,9,12-14,17,20,23-25H2,(H,40,43)/t29-,31+,34-,36+,38-;29-,31+,34-,36-,38-/m00/s1. The lowest BCUT2D eigenvalue weighted by atomic mass is 9.68. The number of aliphatic hydroxyl groups excluding tert-OH is 2. The van der Waals surface area contributed by atoms with E-state index in [1.165, 1.54) is 22.3 Å². The second-order valence-corrected chi connectivity index (χ2v) is 31.1. The van der Waals surface area contributed by atoms with E-state index < -0.39 is 54.6 Å². The molecule has 0 unspecified atom stereocenters. The second-order valence-electron chi connectivity index (χ2n) is 26.5. The van der Waals surface area contributed by atoms with Crippen molar-refractivity contribution in [2.24, 2.45) is 23.7 Å². The number of amides is 2. The molecule has 94 heavy (non-hydrogen) atoms. The first-order chi connectivity index (χ1) is 45.3. The molecule has 14 nitrogen and oxygen atoms in total. The van der Waals surface area contributed by atoms with Gasteiger partial charge in [-0.25, -0.2) is 26.3 Å². The van der Waals surface area contributed by atoms with Gasteiger partial charge >= 0.3 is 0 Å². The molecular weight excluding hydrogens is 1260 g/mol. The molecule has 0 bridgehead atoms. The van der Waals surface area contributed by atoms with E-state index in [9.17, 15) is 36.6 Å². The molecule has 0 aromatic heterocycles. The predicted molar refractivity (Wildman–Crippen MR) is 375 cm³/mol. The summed E-state index contributed by atoms with van der Waals surface area (Å²) in [7, 11) is -8.14. The number of benzene rings is 6. The van der Waals surface area contributed by atoms with Crippen molar-refractivity contribution in [2.75, 3.05) is 49.2 Å².